The molecule has 2 rings (SSSR count). The van der Waals surface area contributed by atoms with Gasteiger partial charge in [0.15, 0.2) is 0 Å². The van der Waals surface area contributed by atoms with E-state index in [0.29, 0.717) is 11.1 Å². The molecule has 0 radical (unpaired) electrons. The van der Waals surface area contributed by atoms with Crippen molar-refractivity contribution in [3.8, 4) is 0 Å². The van der Waals surface area contributed by atoms with E-state index in [1.807, 2.05) is 24.3 Å². The Bertz CT molecular complexity index is 558. The Hall–Kier alpha value is -2.16. The highest BCUT2D eigenvalue weighted by atomic mass is 16.5. The van der Waals surface area contributed by atoms with Gasteiger partial charge in [0.05, 0.1) is 12.7 Å². The second kappa shape index (κ2) is 4.14. The maximum absolute atomic E-state index is 11.6. The molecule has 0 aliphatic rings. The molecule has 0 N–H and O–H groups in total. The number of aldehydes is 1. The van der Waals surface area contributed by atoms with Crippen molar-refractivity contribution in [1.29, 1.82) is 0 Å². The third-order valence-electron chi connectivity index (χ3n) is 2.43. The van der Waals surface area contributed by atoms with Crippen LogP contribution in [0.3, 0.4) is 0 Å². The molecule has 0 saturated carbocycles. The molecule has 3 heteroatoms. The second-order valence-electron chi connectivity index (χ2n) is 3.40. The van der Waals surface area contributed by atoms with Gasteiger partial charge in [0.2, 0.25) is 0 Å². The number of rotatable bonds is 2. The summed E-state index contributed by atoms with van der Waals surface area (Å²) in [7, 11) is 1.32. The largest absolute Gasteiger partial charge is 0.465 e. The van der Waals surface area contributed by atoms with Gasteiger partial charge in [0.1, 0.15) is 6.29 Å². The number of fused-ring (bicyclic) bond motifs is 1. The molecule has 3 nitrogen and oxygen atoms in total. The predicted octanol–water partition coefficient (Wildman–Crippen LogP) is 2.44. The normalized spacial score (nSPS) is 10.1. The number of carbonyl (C=O) groups excluding carboxylic acids is 2. The van der Waals surface area contributed by atoms with Gasteiger partial charge >= 0.3 is 5.97 Å². The van der Waals surface area contributed by atoms with Gasteiger partial charge in [-0.1, -0.05) is 24.3 Å². The van der Waals surface area contributed by atoms with Crippen molar-refractivity contribution < 1.29 is 14.3 Å². The van der Waals surface area contributed by atoms with Crippen LogP contribution in [0.1, 0.15) is 20.7 Å². The highest BCUT2D eigenvalue weighted by Crippen LogP contribution is 2.21. The Morgan fingerprint density at radius 3 is 2.69 bits per heavy atom. The van der Waals surface area contributed by atoms with Crippen LogP contribution in [0.25, 0.3) is 10.8 Å². The standard InChI is InChI=1S/C13H10O3/c1-16-13(15)12-7-9(8-14)6-10-4-2-3-5-11(10)12/h2-8H,1H3. The first-order chi connectivity index (χ1) is 7.76. The van der Waals surface area contributed by atoms with E-state index in [0.717, 1.165) is 17.1 Å². The van der Waals surface area contributed by atoms with Crippen LogP contribution >= 0.6 is 0 Å². The first kappa shape index (κ1) is 10.4. The molecule has 0 bridgehead atoms. The van der Waals surface area contributed by atoms with Gasteiger partial charge in [-0.05, 0) is 22.9 Å². The van der Waals surface area contributed by atoms with Gasteiger partial charge in [-0.3, -0.25) is 4.79 Å². The van der Waals surface area contributed by atoms with Gasteiger partial charge in [-0.2, -0.15) is 0 Å². The van der Waals surface area contributed by atoms with Crippen LogP contribution in [0.5, 0.6) is 0 Å². The maximum atomic E-state index is 11.6. The summed E-state index contributed by atoms with van der Waals surface area (Å²) < 4.78 is 4.69. The second-order valence-corrected chi connectivity index (χ2v) is 3.40. The van der Waals surface area contributed by atoms with Crippen LogP contribution in [0.2, 0.25) is 0 Å². The van der Waals surface area contributed by atoms with E-state index in [1.54, 1.807) is 12.1 Å². The van der Waals surface area contributed by atoms with Gasteiger partial charge in [-0.25, -0.2) is 4.79 Å². The monoisotopic (exact) mass is 214 g/mol. The smallest absolute Gasteiger partial charge is 0.338 e. The Labute approximate surface area is 92.6 Å². The van der Waals surface area contributed by atoms with Gasteiger partial charge < -0.3 is 4.74 Å². The summed E-state index contributed by atoms with van der Waals surface area (Å²) in [4.78, 5) is 22.3. The molecule has 0 saturated heterocycles. The minimum absolute atomic E-state index is 0.419. The number of esters is 1. The average Bonchev–Trinajstić information content (AvgIpc) is 2.36. The molecular weight excluding hydrogens is 204 g/mol. The van der Waals surface area contributed by atoms with E-state index >= 15 is 0 Å². The first-order valence-electron chi connectivity index (χ1n) is 4.82. The minimum Gasteiger partial charge on any atom is -0.465 e. The molecule has 0 fully saturated rings. The maximum Gasteiger partial charge on any atom is 0.338 e. The fourth-order valence-corrected chi connectivity index (χ4v) is 1.68. The molecule has 0 unspecified atom stereocenters. The lowest BCUT2D eigenvalue weighted by Gasteiger charge is -2.05. The van der Waals surface area contributed by atoms with E-state index in [4.69, 9.17) is 0 Å². The zero-order valence-corrected chi connectivity index (χ0v) is 8.77. The van der Waals surface area contributed by atoms with Crippen molar-refractivity contribution in [3.63, 3.8) is 0 Å². The van der Waals surface area contributed by atoms with Gasteiger partial charge in [0, 0.05) is 5.56 Å². The van der Waals surface area contributed by atoms with Gasteiger partial charge in [0.25, 0.3) is 0 Å². The number of hydrogen-bond acceptors (Lipinski definition) is 3. The molecule has 0 amide bonds. The fourth-order valence-electron chi connectivity index (χ4n) is 1.68. The van der Waals surface area contributed by atoms with Crippen LogP contribution in [-0.4, -0.2) is 19.4 Å². The van der Waals surface area contributed by atoms with Crippen LogP contribution in [0, 0.1) is 0 Å². The summed E-state index contributed by atoms with van der Waals surface area (Å²) in [6.45, 7) is 0. The van der Waals surface area contributed by atoms with Crippen LogP contribution in [-0.2, 0) is 4.74 Å². The molecule has 0 aliphatic carbocycles. The zero-order chi connectivity index (χ0) is 11.5. The van der Waals surface area contributed by atoms with Crippen molar-refractivity contribution in [2.24, 2.45) is 0 Å². The highest BCUT2D eigenvalue weighted by Gasteiger charge is 2.11. The molecule has 80 valence electrons. The third kappa shape index (κ3) is 1.67. The Kier molecular flexibility index (Phi) is 2.68. The topological polar surface area (TPSA) is 43.4 Å². The fraction of sp³-hybridized carbons (Fsp3) is 0.0769. The number of methoxy groups -OCH3 is 1. The summed E-state index contributed by atoms with van der Waals surface area (Å²) in [6, 6.07) is 10.7. The van der Waals surface area contributed by atoms with E-state index in [1.165, 1.54) is 7.11 Å². The number of ether oxygens (including phenoxy) is 1. The molecule has 0 atom stereocenters. The molecule has 0 heterocycles. The predicted molar refractivity (Wildman–Crippen MR) is 60.7 cm³/mol. The number of carbonyl (C=O) groups is 2. The van der Waals surface area contributed by atoms with Crippen molar-refractivity contribution in [1.82, 2.24) is 0 Å². The number of benzene rings is 2. The van der Waals surface area contributed by atoms with Crippen molar-refractivity contribution in [3.05, 3.63) is 47.5 Å². The lowest BCUT2D eigenvalue weighted by molar-refractivity contribution is 0.0603. The number of hydrogen-bond donors (Lipinski definition) is 0. The van der Waals surface area contributed by atoms with Crippen LogP contribution in [0.15, 0.2) is 36.4 Å². The van der Waals surface area contributed by atoms with E-state index in [2.05, 4.69) is 4.74 Å². The molecule has 2 aromatic carbocycles. The van der Waals surface area contributed by atoms with E-state index < -0.39 is 5.97 Å². The van der Waals surface area contributed by atoms with Crippen molar-refractivity contribution >= 4 is 23.0 Å². The minimum atomic E-state index is -0.431. The molecule has 16 heavy (non-hydrogen) atoms. The summed E-state index contributed by atoms with van der Waals surface area (Å²) in [5.41, 5.74) is 0.891. The summed E-state index contributed by atoms with van der Waals surface area (Å²) in [5.74, 6) is -0.431. The SMILES string of the molecule is COC(=O)c1cc(C=O)cc2ccccc12. The third-order valence-corrected chi connectivity index (χ3v) is 2.43. The summed E-state index contributed by atoms with van der Waals surface area (Å²) >= 11 is 0. The van der Waals surface area contributed by atoms with E-state index in [-0.39, 0.29) is 0 Å². The van der Waals surface area contributed by atoms with Crippen LogP contribution < -0.4 is 0 Å². The quantitative estimate of drug-likeness (QED) is 0.569. The zero-order valence-electron chi connectivity index (χ0n) is 8.77. The molecule has 0 aromatic heterocycles. The summed E-state index contributed by atoms with van der Waals surface area (Å²) in [5, 5.41) is 1.65. The van der Waals surface area contributed by atoms with Crippen molar-refractivity contribution in [2.45, 2.75) is 0 Å². The first-order valence-corrected chi connectivity index (χ1v) is 4.82. The van der Waals surface area contributed by atoms with E-state index in [9.17, 15) is 9.59 Å². The Balaban J connectivity index is 2.78. The highest BCUT2D eigenvalue weighted by molar-refractivity contribution is 6.06. The lowest BCUT2D eigenvalue weighted by atomic mass is 10.0. The molecule has 0 spiro atoms. The molecule has 2 aromatic rings. The molecule has 0 aliphatic heterocycles. The Morgan fingerprint density at radius 2 is 2.00 bits per heavy atom. The Morgan fingerprint density at radius 1 is 1.25 bits per heavy atom. The average molecular weight is 214 g/mol. The van der Waals surface area contributed by atoms with Gasteiger partial charge in [-0.15, -0.1) is 0 Å². The van der Waals surface area contributed by atoms with Crippen molar-refractivity contribution in [2.75, 3.05) is 7.11 Å². The lowest BCUT2D eigenvalue weighted by Crippen LogP contribution is -2.03. The summed E-state index contributed by atoms with van der Waals surface area (Å²) in [6.07, 6.45) is 0.721. The van der Waals surface area contributed by atoms with Crippen LogP contribution in [0.4, 0.5) is 0 Å². The molecular formula is C13H10O3.